The molecule has 0 spiro atoms. The summed E-state index contributed by atoms with van der Waals surface area (Å²) in [5, 5.41) is 13.1. The summed E-state index contributed by atoms with van der Waals surface area (Å²) in [6.45, 7) is 8.43. The van der Waals surface area contributed by atoms with Crippen molar-refractivity contribution >= 4 is 39.5 Å². The summed E-state index contributed by atoms with van der Waals surface area (Å²) in [5.41, 5.74) is 4.97. The number of phenolic OH excluding ortho intramolecular Hbond substituents is 1. The van der Waals surface area contributed by atoms with Gasteiger partial charge in [-0.25, -0.2) is 9.79 Å². The number of aromatic hydroxyl groups is 1. The Morgan fingerprint density at radius 3 is 2.59 bits per heavy atom. The Labute approximate surface area is 204 Å². The lowest BCUT2D eigenvalue weighted by molar-refractivity contribution is 0.0526. The summed E-state index contributed by atoms with van der Waals surface area (Å²) in [6, 6.07) is 1.99. The number of benzene rings is 1. The van der Waals surface area contributed by atoms with E-state index in [1.165, 1.54) is 10.4 Å². The zero-order valence-electron chi connectivity index (χ0n) is 20.5. The number of carbonyl (C=O) groups excluding carboxylic acids is 1. The van der Waals surface area contributed by atoms with Gasteiger partial charge in [0, 0.05) is 39.6 Å². The van der Waals surface area contributed by atoms with E-state index in [1.807, 2.05) is 13.0 Å². The molecule has 0 saturated carbocycles. The lowest BCUT2D eigenvalue weighted by Crippen LogP contribution is -2.12. The number of furan rings is 1. The van der Waals surface area contributed by atoms with Gasteiger partial charge in [0.1, 0.15) is 22.1 Å². The Morgan fingerprint density at radius 2 is 1.85 bits per heavy atom. The van der Waals surface area contributed by atoms with Gasteiger partial charge in [-0.3, -0.25) is 0 Å². The highest BCUT2D eigenvalue weighted by Gasteiger charge is 2.29. The molecule has 2 aromatic heterocycles. The van der Waals surface area contributed by atoms with E-state index in [2.05, 4.69) is 20.8 Å². The molecule has 3 aromatic rings. The first-order chi connectivity index (χ1) is 16.3. The number of fused-ring (bicyclic) bond motifs is 4. The summed E-state index contributed by atoms with van der Waals surface area (Å²) >= 11 is 1.58. The van der Waals surface area contributed by atoms with Gasteiger partial charge in [-0.05, 0) is 68.9 Å². The van der Waals surface area contributed by atoms with Crippen LogP contribution in [0.2, 0.25) is 0 Å². The van der Waals surface area contributed by atoms with Crippen molar-refractivity contribution in [2.45, 2.75) is 84.5 Å². The van der Waals surface area contributed by atoms with Gasteiger partial charge < -0.3 is 14.3 Å². The van der Waals surface area contributed by atoms with E-state index < -0.39 is 0 Å². The smallest absolute Gasteiger partial charge is 0.341 e. The lowest BCUT2D eigenvalue weighted by Gasteiger charge is -2.21. The molecule has 34 heavy (non-hydrogen) atoms. The summed E-state index contributed by atoms with van der Waals surface area (Å²) in [6.07, 6.45) is 9.94. The van der Waals surface area contributed by atoms with Crippen molar-refractivity contribution in [1.29, 1.82) is 0 Å². The predicted octanol–water partition coefficient (Wildman–Crippen LogP) is 7.18. The Kier molecular flexibility index (Phi) is 6.05. The molecule has 0 aliphatic heterocycles. The average molecular weight is 480 g/mol. The molecule has 0 radical (unpaired) electrons. The van der Waals surface area contributed by atoms with Gasteiger partial charge in [-0.15, -0.1) is 11.3 Å². The van der Waals surface area contributed by atoms with E-state index in [0.717, 1.165) is 79.2 Å². The third kappa shape index (κ3) is 3.96. The fourth-order valence-electron chi connectivity index (χ4n) is 5.32. The maximum absolute atomic E-state index is 12.9. The number of nitrogens with zero attached hydrogens (tertiary/aromatic N) is 1. The number of carbonyl (C=O) groups is 1. The number of ether oxygens (including phenoxy) is 1. The number of aliphatic imine (C=N–C) groups is 1. The normalized spacial score (nSPS) is 16.1. The fourth-order valence-corrected chi connectivity index (χ4v) is 6.54. The lowest BCUT2D eigenvalue weighted by atomic mass is 9.83. The van der Waals surface area contributed by atoms with E-state index in [1.54, 1.807) is 17.6 Å². The van der Waals surface area contributed by atoms with E-state index >= 15 is 0 Å². The third-order valence-corrected chi connectivity index (χ3v) is 8.20. The van der Waals surface area contributed by atoms with Crippen LogP contribution in [0.5, 0.6) is 5.75 Å². The van der Waals surface area contributed by atoms with Crippen LogP contribution >= 0.6 is 11.3 Å². The standard InChI is InChI=1S/C28H33NO4S/c1-5-32-27(31)24-17-11-7-9-13-22(17)34-26(24)29-15-18-23-16-10-6-8-12-20(16)33-21(23)14-19(25(18)30)28(2,3)4/h14-15,30H,5-13H2,1-4H3/b29-15+. The number of hydrogen-bond donors (Lipinski definition) is 1. The average Bonchev–Trinajstić information content (AvgIpc) is 3.35. The third-order valence-electron chi connectivity index (χ3n) is 7.00. The number of phenols is 1. The second kappa shape index (κ2) is 8.88. The zero-order chi connectivity index (χ0) is 24.0. The molecule has 6 heteroatoms. The van der Waals surface area contributed by atoms with Gasteiger partial charge in [0.05, 0.1) is 12.2 Å². The maximum atomic E-state index is 12.9. The Hall–Kier alpha value is -2.60. The van der Waals surface area contributed by atoms with Crippen LogP contribution in [0.4, 0.5) is 5.00 Å². The minimum atomic E-state index is -0.299. The van der Waals surface area contributed by atoms with Crippen LogP contribution in [-0.2, 0) is 35.8 Å². The van der Waals surface area contributed by atoms with Crippen LogP contribution in [0, 0.1) is 0 Å². The molecule has 5 nitrogen and oxygen atoms in total. The van der Waals surface area contributed by atoms with Gasteiger partial charge in [0.15, 0.2) is 0 Å². The summed E-state index contributed by atoms with van der Waals surface area (Å²) < 4.78 is 11.7. The van der Waals surface area contributed by atoms with Crippen LogP contribution in [0.25, 0.3) is 11.0 Å². The number of thiophene rings is 1. The second-order valence-corrected chi connectivity index (χ2v) is 11.5. The van der Waals surface area contributed by atoms with Crippen molar-refractivity contribution in [3.8, 4) is 5.75 Å². The second-order valence-electron chi connectivity index (χ2n) is 10.4. The first-order valence-electron chi connectivity index (χ1n) is 12.5. The Balaban J connectivity index is 1.69. The first kappa shape index (κ1) is 23.2. The van der Waals surface area contributed by atoms with Gasteiger partial charge in [-0.2, -0.15) is 0 Å². The predicted molar refractivity (Wildman–Crippen MR) is 137 cm³/mol. The molecule has 0 amide bonds. The molecule has 0 saturated heterocycles. The minimum Gasteiger partial charge on any atom is -0.507 e. The van der Waals surface area contributed by atoms with E-state index in [-0.39, 0.29) is 17.1 Å². The summed E-state index contributed by atoms with van der Waals surface area (Å²) in [7, 11) is 0. The molecule has 180 valence electrons. The molecule has 2 aliphatic carbocycles. The molecule has 1 aromatic carbocycles. The largest absolute Gasteiger partial charge is 0.507 e. The highest BCUT2D eigenvalue weighted by molar-refractivity contribution is 7.16. The highest BCUT2D eigenvalue weighted by atomic mass is 32.1. The van der Waals surface area contributed by atoms with Crippen molar-refractivity contribution in [2.24, 2.45) is 4.99 Å². The fraction of sp³-hybridized carbons (Fsp3) is 0.500. The molecule has 0 bridgehead atoms. The van der Waals surface area contributed by atoms with Crippen LogP contribution in [-0.4, -0.2) is 23.9 Å². The highest BCUT2D eigenvalue weighted by Crippen LogP contribution is 2.44. The topological polar surface area (TPSA) is 72.0 Å². The van der Waals surface area contributed by atoms with E-state index in [4.69, 9.17) is 14.1 Å². The molecule has 2 heterocycles. The summed E-state index contributed by atoms with van der Waals surface area (Å²) in [5.74, 6) is 0.977. The number of esters is 1. The summed E-state index contributed by atoms with van der Waals surface area (Å²) in [4.78, 5) is 18.9. The molecule has 0 atom stereocenters. The Bertz CT molecular complexity index is 1290. The number of rotatable bonds is 4. The minimum absolute atomic E-state index is 0.247. The zero-order valence-corrected chi connectivity index (χ0v) is 21.4. The van der Waals surface area contributed by atoms with Crippen molar-refractivity contribution in [3.05, 3.63) is 44.5 Å². The molecule has 0 fully saturated rings. The SMILES string of the molecule is CCOC(=O)c1c(/N=C/c2c(O)c(C(C)(C)C)cc3oc4c(c23)CCCC4)sc2c1CCCC2. The monoisotopic (exact) mass is 479 g/mol. The molecular weight excluding hydrogens is 446 g/mol. The van der Waals surface area contributed by atoms with Gasteiger partial charge in [-0.1, -0.05) is 20.8 Å². The molecule has 0 unspecified atom stereocenters. The molecule has 5 rings (SSSR count). The van der Waals surface area contributed by atoms with Crippen LogP contribution in [0.1, 0.15) is 96.6 Å². The van der Waals surface area contributed by atoms with Gasteiger partial charge in [0.25, 0.3) is 0 Å². The first-order valence-corrected chi connectivity index (χ1v) is 13.3. The molecular formula is C28H33NO4S. The molecule has 2 aliphatic rings. The van der Waals surface area contributed by atoms with Crippen LogP contribution in [0.3, 0.4) is 0 Å². The van der Waals surface area contributed by atoms with Crippen molar-refractivity contribution in [3.63, 3.8) is 0 Å². The van der Waals surface area contributed by atoms with Crippen LogP contribution in [0.15, 0.2) is 15.5 Å². The van der Waals surface area contributed by atoms with Crippen molar-refractivity contribution < 1.29 is 19.1 Å². The maximum Gasteiger partial charge on any atom is 0.341 e. The number of aryl methyl sites for hydroxylation is 3. The van der Waals surface area contributed by atoms with Gasteiger partial charge >= 0.3 is 5.97 Å². The number of hydrogen-bond acceptors (Lipinski definition) is 6. The van der Waals surface area contributed by atoms with E-state index in [0.29, 0.717) is 22.7 Å². The van der Waals surface area contributed by atoms with Crippen molar-refractivity contribution in [2.75, 3.05) is 6.61 Å². The van der Waals surface area contributed by atoms with Crippen LogP contribution < -0.4 is 0 Å². The quantitative estimate of drug-likeness (QED) is 0.318. The Morgan fingerprint density at radius 1 is 1.15 bits per heavy atom. The van der Waals surface area contributed by atoms with Gasteiger partial charge in [0.2, 0.25) is 0 Å². The molecule has 1 N–H and O–H groups in total. The van der Waals surface area contributed by atoms with E-state index in [9.17, 15) is 9.90 Å². The van der Waals surface area contributed by atoms with Crippen molar-refractivity contribution in [1.82, 2.24) is 0 Å².